The number of aromatic nitrogens is 1. The predicted octanol–water partition coefficient (Wildman–Crippen LogP) is 3.89. The van der Waals surface area contributed by atoms with Crippen LogP contribution in [0.1, 0.15) is 18.9 Å². The molecule has 0 fully saturated rings. The van der Waals surface area contributed by atoms with Gasteiger partial charge in [0.1, 0.15) is 11.5 Å². The highest BCUT2D eigenvalue weighted by Gasteiger charge is 1.98. The molecule has 0 bridgehead atoms. The fraction of sp³-hybridized carbons (Fsp3) is 0.235. The molecule has 0 spiro atoms. The number of rotatable bonds is 6. The Kier molecular flexibility index (Phi) is 5.33. The predicted molar refractivity (Wildman–Crippen MR) is 82.9 cm³/mol. The van der Waals surface area contributed by atoms with E-state index in [0.717, 1.165) is 23.5 Å². The van der Waals surface area contributed by atoms with Crippen molar-refractivity contribution in [2.75, 3.05) is 7.05 Å². The standard InChI is InChI=1S/C17H20N2O/c1-14(18-2)7-6-8-15-11-17(13-19-12-15)20-16-9-4-3-5-10-16/h3-6,8-14,18H,7H2,1-2H3/t14-/m0/s1. The van der Waals surface area contributed by atoms with Gasteiger partial charge in [0.05, 0.1) is 6.20 Å². The molecular formula is C17H20N2O. The Bertz CT molecular complexity index is 552. The summed E-state index contributed by atoms with van der Waals surface area (Å²) in [5.41, 5.74) is 1.04. The van der Waals surface area contributed by atoms with Crippen molar-refractivity contribution in [3.63, 3.8) is 0 Å². The highest BCUT2D eigenvalue weighted by atomic mass is 16.5. The number of nitrogens with zero attached hydrogens (tertiary/aromatic N) is 1. The summed E-state index contributed by atoms with van der Waals surface area (Å²) in [5, 5.41) is 3.20. The average Bonchev–Trinajstić information content (AvgIpc) is 2.48. The van der Waals surface area contributed by atoms with Crippen LogP contribution in [0.5, 0.6) is 11.5 Å². The van der Waals surface area contributed by atoms with Crippen LogP contribution < -0.4 is 10.1 Å². The Morgan fingerprint density at radius 3 is 2.75 bits per heavy atom. The second kappa shape index (κ2) is 7.46. The zero-order chi connectivity index (χ0) is 14.2. The van der Waals surface area contributed by atoms with Crippen LogP contribution in [0.4, 0.5) is 0 Å². The highest BCUT2D eigenvalue weighted by Crippen LogP contribution is 2.21. The van der Waals surface area contributed by atoms with Crippen LogP contribution in [0.25, 0.3) is 6.08 Å². The lowest BCUT2D eigenvalue weighted by Gasteiger charge is -2.06. The normalized spacial score (nSPS) is 12.5. The van der Waals surface area contributed by atoms with Gasteiger partial charge in [0.2, 0.25) is 0 Å². The van der Waals surface area contributed by atoms with Gasteiger partial charge in [0, 0.05) is 12.2 Å². The molecule has 0 aliphatic heterocycles. The molecule has 0 radical (unpaired) electrons. The van der Waals surface area contributed by atoms with Crippen LogP contribution in [-0.4, -0.2) is 18.1 Å². The topological polar surface area (TPSA) is 34.2 Å². The summed E-state index contributed by atoms with van der Waals surface area (Å²) in [7, 11) is 1.97. The SMILES string of the molecule is CN[C@@H](C)CC=Cc1cncc(Oc2ccccc2)c1. The van der Waals surface area contributed by atoms with Gasteiger partial charge >= 0.3 is 0 Å². The van der Waals surface area contributed by atoms with Gasteiger partial charge in [-0.1, -0.05) is 30.4 Å². The number of nitrogens with one attached hydrogen (secondary N) is 1. The van der Waals surface area contributed by atoms with E-state index in [-0.39, 0.29) is 0 Å². The highest BCUT2D eigenvalue weighted by molar-refractivity contribution is 5.50. The van der Waals surface area contributed by atoms with E-state index in [1.54, 1.807) is 6.20 Å². The van der Waals surface area contributed by atoms with Gasteiger partial charge in [-0.05, 0) is 44.2 Å². The molecule has 0 saturated heterocycles. The lowest BCUT2D eigenvalue weighted by molar-refractivity contribution is 0.480. The van der Waals surface area contributed by atoms with Gasteiger partial charge in [0.25, 0.3) is 0 Å². The van der Waals surface area contributed by atoms with Gasteiger partial charge < -0.3 is 10.1 Å². The maximum absolute atomic E-state index is 5.76. The molecule has 104 valence electrons. The molecule has 0 amide bonds. The van der Waals surface area contributed by atoms with Crippen LogP contribution in [0.15, 0.2) is 54.9 Å². The third-order valence-corrected chi connectivity index (χ3v) is 3.01. The van der Waals surface area contributed by atoms with Gasteiger partial charge in [-0.3, -0.25) is 4.98 Å². The number of hydrogen-bond acceptors (Lipinski definition) is 3. The van der Waals surface area contributed by atoms with E-state index in [1.165, 1.54) is 0 Å². The monoisotopic (exact) mass is 268 g/mol. The van der Waals surface area contributed by atoms with E-state index in [4.69, 9.17) is 4.74 Å². The van der Waals surface area contributed by atoms with Crippen molar-refractivity contribution < 1.29 is 4.74 Å². The Labute approximate surface area is 120 Å². The van der Waals surface area contributed by atoms with Crippen LogP contribution >= 0.6 is 0 Å². The van der Waals surface area contributed by atoms with E-state index in [0.29, 0.717) is 6.04 Å². The van der Waals surface area contributed by atoms with Crippen molar-refractivity contribution in [3.05, 3.63) is 60.4 Å². The van der Waals surface area contributed by atoms with Crippen molar-refractivity contribution in [1.29, 1.82) is 0 Å². The molecule has 3 heteroatoms. The fourth-order valence-corrected chi connectivity index (χ4v) is 1.73. The fourth-order valence-electron chi connectivity index (χ4n) is 1.73. The van der Waals surface area contributed by atoms with E-state index in [2.05, 4.69) is 29.4 Å². The Morgan fingerprint density at radius 2 is 2.00 bits per heavy atom. The summed E-state index contributed by atoms with van der Waals surface area (Å²) in [6.45, 7) is 2.15. The molecule has 20 heavy (non-hydrogen) atoms. The zero-order valence-corrected chi connectivity index (χ0v) is 11.9. The van der Waals surface area contributed by atoms with Gasteiger partial charge in [-0.25, -0.2) is 0 Å². The van der Waals surface area contributed by atoms with Crippen molar-refractivity contribution in [3.8, 4) is 11.5 Å². The summed E-state index contributed by atoms with van der Waals surface area (Å²) in [5.74, 6) is 1.57. The van der Waals surface area contributed by atoms with Crippen LogP contribution in [0.2, 0.25) is 0 Å². The van der Waals surface area contributed by atoms with Crippen molar-refractivity contribution >= 4 is 6.08 Å². The largest absolute Gasteiger partial charge is 0.456 e. The summed E-state index contributed by atoms with van der Waals surface area (Å²) in [6, 6.07) is 12.2. The third kappa shape index (κ3) is 4.52. The minimum absolute atomic E-state index is 0.475. The minimum Gasteiger partial charge on any atom is -0.456 e. The number of para-hydroxylation sites is 1. The molecular weight excluding hydrogens is 248 g/mol. The first-order valence-corrected chi connectivity index (χ1v) is 6.79. The molecule has 1 atom stereocenters. The van der Waals surface area contributed by atoms with Gasteiger partial charge in [0.15, 0.2) is 0 Å². The second-order valence-corrected chi connectivity index (χ2v) is 4.70. The Morgan fingerprint density at radius 1 is 1.20 bits per heavy atom. The molecule has 0 aliphatic carbocycles. The minimum atomic E-state index is 0.475. The Hall–Kier alpha value is -2.13. The van der Waals surface area contributed by atoms with Crippen molar-refractivity contribution in [2.45, 2.75) is 19.4 Å². The molecule has 0 unspecified atom stereocenters. The number of hydrogen-bond donors (Lipinski definition) is 1. The van der Waals surface area contributed by atoms with E-state index in [9.17, 15) is 0 Å². The summed E-state index contributed by atoms with van der Waals surface area (Å²) >= 11 is 0. The zero-order valence-electron chi connectivity index (χ0n) is 11.9. The average molecular weight is 268 g/mol. The summed E-state index contributed by atoms with van der Waals surface area (Å²) < 4.78 is 5.76. The first-order chi connectivity index (χ1) is 9.78. The smallest absolute Gasteiger partial charge is 0.146 e. The van der Waals surface area contributed by atoms with Crippen LogP contribution in [0.3, 0.4) is 0 Å². The van der Waals surface area contributed by atoms with Crippen LogP contribution in [0, 0.1) is 0 Å². The van der Waals surface area contributed by atoms with Crippen molar-refractivity contribution in [1.82, 2.24) is 10.3 Å². The van der Waals surface area contributed by atoms with E-state index < -0.39 is 0 Å². The molecule has 1 aromatic heterocycles. The number of pyridine rings is 1. The summed E-state index contributed by atoms with van der Waals surface area (Å²) in [6.07, 6.45) is 8.75. The molecule has 1 heterocycles. The molecule has 2 rings (SSSR count). The first kappa shape index (κ1) is 14.3. The maximum Gasteiger partial charge on any atom is 0.146 e. The molecule has 1 N–H and O–H groups in total. The third-order valence-electron chi connectivity index (χ3n) is 3.01. The molecule has 1 aromatic carbocycles. The quantitative estimate of drug-likeness (QED) is 0.863. The number of benzene rings is 1. The lowest BCUT2D eigenvalue weighted by atomic mass is 10.2. The second-order valence-electron chi connectivity index (χ2n) is 4.70. The molecule has 0 aliphatic rings. The van der Waals surface area contributed by atoms with Gasteiger partial charge in [-0.15, -0.1) is 0 Å². The number of ether oxygens (including phenoxy) is 1. The molecule has 0 saturated carbocycles. The maximum atomic E-state index is 5.76. The van der Waals surface area contributed by atoms with E-state index >= 15 is 0 Å². The van der Waals surface area contributed by atoms with Crippen LogP contribution in [-0.2, 0) is 0 Å². The molecule has 2 aromatic rings. The van der Waals surface area contributed by atoms with Gasteiger partial charge in [-0.2, -0.15) is 0 Å². The molecule has 3 nitrogen and oxygen atoms in total. The van der Waals surface area contributed by atoms with Crippen molar-refractivity contribution in [2.24, 2.45) is 0 Å². The summed E-state index contributed by atoms with van der Waals surface area (Å²) in [4.78, 5) is 4.21. The first-order valence-electron chi connectivity index (χ1n) is 6.79. The lowest BCUT2D eigenvalue weighted by Crippen LogP contribution is -2.19. The van der Waals surface area contributed by atoms with E-state index in [1.807, 2.05) is 49.6 Å². The Balaban J connectivity index is 2.01.